The van der Waals surface area contributed by atoms with Gasteiger partial charge < -0.3 is 20.5 Å². The number of aryl methyl sites for hydroxylation is 1. The second-order valence-electron chi connectivity index (χ2n) is 4.31. The summed E-state index contributed by atoms with van der Waals surface area (Å²) in [5.74, 6) is 0.867. The summed E-state index contributed by atoms with van der Waals surface area (Å²) in [4.78, 5) is 11.8. The lowest BCUT2D eigenvalue weighted by atomic mass is 10.2. The maximum Gasteiger partial charge on any atom is 0.323 e. The van der Waals surface area contributed by atoms with E-state index in [4.69, 9.17) is 4.74 Å². The van der Waals surface area contributed by atoms with Crippen molar-refractivity contribution in [3.63, 3.8) is 0 Å². The Kier molecular flexibility index (Phi) is 4.10. The Morgan fingerprint density at radius 3 is 2.25 bits per heavy atom. The summed E-state index contributed by atoms with van der Waals surface area (Å²) in [7, 11) is 1.58. The number of rotatable bonds is 3. The monoisotopic (exact) mass is 272 g/mol. The Bertz CT molecular complexity index is 609. The van der Waals surface area contributed by atoms with E-state index < -0.39 is 0 Å². The Morgan fingerprint density at radius 1 is 1.05 bits per heavy atom. The lowest BCUT2D eigenvalue weighted by molar-refractivity contribution is 0.262. The average Bonchev–Trinajstić information content (AvgIpc) is 2.44. The largest absolute Gasteiger partial charge is 0.508 e. The molecule has 0 unspecified atom stereocenters. The number of carbonyl (C=O) groups is 1. The second-order valence-corrected chi connectivity index (χ2v) is 4.31. The van der Waals surface area contributed by atoms with Crippen LogP contribution in [0.25, 0.3) is 0 Å². The van der Waals surface area contributed by atoms with Crippen molar-refractivity contribution in [3.05, 3.63) is 48.0 Å². The van der Waals surface area contributed by atoms with E-state index in [0.717, 1.165) is 11.3 Å². The first kappa shape index (κ1) is 13.7. The molecule has 3 N–H and O–H groups in total. The molecule has 2 aromatic rings. The minimum atomic E-state index is -0.376. The molecule has 104 valence electrons. The Morgan fingerprint density at radius 2 is 1.65 bits per heavy atom. The van der Waals surface area contributed by atoms with Crippen molar-refractivity contribution in [2.45, 2.75) is 6.92 Å². The standard InChI is InChI=1S/C15H16N2O3/c1-10-3-4-12(9-14(10)18)17-15(19)16-11-5-7-13(20-2)8-6-11/h3-9,18H,1-2H3,(H2,16,17,19). The zero-order valence-corrected chi connectivity index (χ0v) is 11.3. The molecular formula is C15H16N2O3. The third-order valence-electron chi connectivity index (χ3n) is 2.81. The summed E-state index contributed by atoms with van der Waals surface area (Å²) in [6.45, 7) is 1.79. The molecule has 0 atom stereocenters. The van der Waals surface area contributed by atoms with Crippen molar-refractivity contribution in [2.24, 2.45) is 0 Å². The molecule has 2 rings (SSSR count). The van der Waals surface area contributed by atoms with Gasteiger partial charge in [-0.3, -0.25) is 0 Å². The average molecular weight is 272 g/mol. The van der Waals surface area contributed by atoms with Crippen molar-refractivity contribution in [1.29, 1.82) is 0 Å². The molecule has 0 aliphatic heterocycles. The van der Waals surface area contributed by atoms with Crippen LogP contribution in [-0.2, 0) is 0 Å². The van der Waals surface area contributed by atoms with Gasteiger partial charge in [-0.25, -0.2) is 4.79 Å². The van der Waals surface area contributed by atoms with E-state index in [2.05, 4.69) is 10.6 Å². The van der Waals surface area contributed by atoms with E-state index in [9.17, 15) is 9.90 Å². The lowest BCUT2D eigenvalue weighted by Gasteiger charge is -2.09. The van der Waals surface area contributed by atoms with Crippen LogP contribution in [-0.4, -0.2) is 18.2 Å². The topological polar surface area (TPSA) is 70.6 Å². The molecule has 0 saturated carbocycles. The van der Waals surface area contributed by atoms with Gasteiger partial charge in [0.2, 0.25) is 0 Å². The van der Waals surface area contributed by atoms with Crippen LogP contribution in [0.15, 0.2) is 42.5 Å². The number of ether oxygens (including phenoxy) is 1. The second kappa shape index (κ2) is 5.97. The van der Waals surface area contributed by atoms with Crippen LogP contribution in [0.3, 0.4) is 0 Å². The molecule has 0 saturated heterocycles. The molecule has 0 heterocycles. The van der Waals surface area contributed by atoms with Gasteiger partial charge in [0.15, 0.2) is 0 Å². The highest BCUT2D eigenvalue weighted by molar-refractivity contribution is 5.99. The van der Waals surface area contributed by atoms with Crippen molar-refractivity contribution < 1.29 is 14.6 Å². The van der Waals surface area contributed by atoms with E-state index in [1.165, 1.54) is 6.07 Å². The number of carbonyl (C=O) groups excluding carboxylic acids is 1. The highest BCUT2D eigenvalue weighted by Crippen LogP contribution is 2.21. The van der Waals surface area contributed by atoms with E-state index in [1.807, 2.05) is 0 Å². The molecular weight excluding hydrogens is 256 g/mol. The Labute approximate surface area is 117 Å². The minimum Gasteiger partial charge on any atom is -0.508 e. The first-order valence-electron chi connectivity index (χ1n) is 6.10. The van der Waals surface area contributed by atoms with Crippen molar-refractivity contribution in [3.8, 4) is 11.5 Å². The van der Waals surface area contributed by atoms with Crippen LogP contribution in [0.4, 0.5) is 16.2 Å². The Balaban J connectivity index is 1.99. The minimum absolute atomic E-state index is 0.146. The summed E-state index contributed by atoms with van der Waals surface area (Å²) in [5.41, 5.74) is 1.94. The number of phenols is 1. The van der Waals surface area contributed by atoms with Crippen LogP contribution in [0, 0.1) is 6.92 Å². The third-order valence-corrected chi connectivity index (χ3v) is 2.81. The number of phenolic OH excluding ortho intramolecular Hbond substituents is 1. The quantitative estimate of drug-likeness (QED) is 0.802. The van der Waals surface area contributed by atoms with Gasteiger partial charge in [0.05, 0.1) is 7.11 Å². The molecule has 0 spiro atoms. The van der Waals surface area contributed by atoms with Gasteiger partial charge in [0.1, 0.15) is 11.5 Å². The van der Waals surface area contributed by atoms with Crippen molar-refractivity contribution >= 4 is 17.4 Å². The lowest BCUT2D eigenvalue weighted by Crippen LogP contribution is -2.19. The molecule has 20 heavy (non-hydrogen) atoms. The highest BCUT2D eigenvalue weighted by atomic mass is 16.5. The summed E-state index contributed by atoms with van der Waals surface area (Å²) in [6, 6.07) is 11.6. The number of hydrogen-bond donors (Lipinski definition) is 3. The number of anilines is 2. The SMILES string of the molecule is COc1ccc(NC(=O)Nc2ccc(C)c(O)c2)cc1. The van der Waals surface area contributed by atoms with Gasteiger partial charge in [-0.1, -0.05) is 6.07 Å². The fourth-order valence-electron chi connectivity index (χ4n) is 1.65. The van der Waals surface area contributed by atoms with E-state index in [-0.39, 0.29) is 11.8 Å². The number of nitrogens with one attached hydrogen (secondary N) is 2. The van der Waals surface area contributed by atoms with Crippen LogP contribution < -0.4 is 15.4 Å². The first-order valence-corrected chi connectivity index (χ1v) is 6.10. The molecule has 2 amide bonds. The number of aromatic hydroxyl groups is 1. The summed E-state index contributed by atoms with van der Waals surface area (Å²) in [6.07, 6.45) is 0. The van der Waals surface area contributed by atoms with Crippen LogP contribution >= 0.6 is 0 Å². The summed E-state index contributed by atoms with van der Waals surface area (Å²) >= 11 is 0. The van der Waals surface area contributed by atoms with Crippen LogP contribution in [0.5, 0.6) is 11.5 Å². The highest BCUT2D eigenvalue weighted by Gasteiger charge is 2.04. The normalized spacial score (nSPS) is 9.90. The molecule has 2 aromatic carbocycles. The molecule has 5 nitrogen and oxygen atoms in total. The maximum absolute atomic E-state index is 11.8. The number of benzene rings is 2. The predicted octanol–water partition coefficient (Wildman–Crippen LogP) is 3.35. The number of hydrogen-bond acceptors (Lipinski definition) is 3. The molecule has 0 aliphatic rings. The summed E-state index contributed by atoms with van der Waals surface area (Å²) in [5, 5.41) is 14.9. The van der Waals surface area contributed by atoms with E-state index >= 15 is 0 Å². The molecule has 5 heteroatoms. The number of amides is 2. The zero-order chi connectivity index (χ0) is 14.5. The van der Waals surface area contributed by atoms with Gasteiger partial charge in [-0.15, -0.1) is 0 Å². The van der Waals surface area contributed by atoms with Crippen LogP contribution in [0.1, 0.15) is 5.56 Å². The fraction of sp³-hybridized carbons (Fsp3) is 0.133. The van der Waals surface area contributed by atoms with Gasteiger partial charge >= 0.3 is 6.03 Å². The van der Waals surface area contributed by atoms with Crippen molar-refractivity contribution in [2.75, 3.05) is 17.7 Å². The first-order chi connectivity index (χ1) is 9.58. The number of urea groups is 1. The van der Waals surface area contributed by atoms with Gasteiger partial charge in [0, 0.05) is 17.4 Å². The predicted molar refractivity (Wildman–Crippen MR) is 78.5 cm³/mol. The van der Waals surface area contributed by atoms with Gasteiger partial charge in [-0.2, -0.15) is 0 Å². The maximum atomic E-state index is 11.8. The molecule has 0 bridgehead atoms. The zero-order valence-electron chi connectivity index (χ0n) is 11.3. The van der Waals surface area contributed by atoms with Gasteiger partial charge in [-0.05, 0) is 42.8 Å². The molecule has 0 fully saturated rings. The molecule has 0 radical (unpaired) electrons. The Hall–Kier alpha value is -2.69. The van der Waals surface area contributed by atoms with E-state index in [0.29, 0.717) is 11.4 Å². The number of methoxy groups -OCH3 is 1. The van der Waals surface area contributed by atoms with Crippen molar-refractivity contribution in [1.82, 2.24) is 0 Å². The van der Waals surface area contributed by atoms with Gasteiger partial charge in [0.25, 0.3) is 0 Å². The molecule has 0 aromatic heterocycles. The summed E-state index contributed by atoms with van der Waals surface area (Å²) < 4.78 is 5.04. The van der Waals surface area contributed by atoms with E-state index in [1.54, 1.807) is 50.4 Å². The van der Waals surface area contributed by atoms with Crippen LogP contribution in [0.2, 0.25) is 0 Å². The molecule has 0 aliphatic carbocycles. The smallest absolute Gasteiger partial charge is 0.323 e. The third kappa shape index (κ3) is 3.41. The fourth-order valence-corrected chi connectivity index (χ4v) is 1.65.